The highest BCUT2D eigenvalue weighted by atomic mass is 35.5. The van der Waals surface area contributed by atoms with Gasteiger partial charge in [0.15, 0.2) is 0 Å². The number of pyridine rings is 1. The van der Waals surface area contributed by atoms with Crippen LogP contribution in [0.15, 0.2) is 59.5 Å². The monoisotopic (exact) mass is 325 g/mol. The van der Waals surface area contributed by atoms with E-state index >= 15 is 0 Å². The van der Waals surface area contributed by atoms with Crippen LogP contribution in [0.2, 0.25) is 5.02 Å². The van der Waals surface area contributed by atoms with Gasteiger partial charge in [0.05, 0.1) is 5.69 Å². The zero-order chi connectivity index (χ0) is 15.8. The van der Waals surface area contributed by atoms with Crippen LogP contribution >= 0.6 is 11.6 Å². The summed E-state index contributed by atoms with van der Waals surface area (Å²) in [6, 6.07) is 11.3. The fourth-order valence-electron chi connectivity index (χ4n) is 2.49. The Morgan fingerprint density at radius 3 is 2.57 bits per heavy atom. The highest BCUT2D eigenvalue weighted by Crippen LogP contribution is 2.33. The summed E-state index contributed by atoms with van der Waals surface area (Å²) in [6.07, 6.45) is 5.16. The summed E-state index contributed by atoms with van der Waals surface area (Å²) in [4.78, 5) is 8.84. The average molecular weight is 326 g/mol. The van der Waals surface area contributed by atoms with Crippen LogP contribution in [-0.4, -0.2) is 14.4 Å². The second-order valence-corrected chi connectivity index (χ2v) is 5.38. The van der Waals surface area contributed by atoms with Gasteiger partial charge in [-0.1, -0.05) is 23.7 Å². The van der Waals surface area contributed by atoms with E-state index in [0.29, 0.717) is 16.7 Å². The number of oxazole rings is 1. The number of hydrazine groups is 1. The standard InChI is InChI=1S/C16H12ClN5O/c17-12-4-1-10(2-5-12)14-15(22-7-8-23-16(22)20-14)11-3-6-13(21-18)19-9-11/h1-9H,18H2,(H,19,21). The molecule has 6 nitrogen and oxygen atoms in total. The van der Waals surface area contributed by atoms with Crippen molar-refractivity contribution in [2.45, 2.75) is 0 Å². The zero-order valence-electron chi connectivity index (χ0n) is 11.9. The second kappa shape index (κ2) is 5.42. The largest absolute Gasteiger partial charge is 0.432 e. The highest BCUT2D eigenvalue weighted by Gasteiger charge is 2.18. The highest BCUT2D eigenvalue weighted by molar-refractivity contribution is 6.30. The quantitative estimate of drug-likeness (QED) is 0.444. The van der Waals surface area contributed by atoms with E-state index in [-0.39, 0.29) is 0 Å². The Hall–Kier alpha value is -2.83. The van der Waals surface area contributed by atoms with Crippen molar-refractivity contribution in [1.82, 2.24) is 14.4 Å². The average Bonchev–Trinajstić information content (AvgIpc) is 3.16. The Labute approximate surface area is 136 Å². The number of fused-ring (bicyclic) bond motifs is 1. The van der Waals surface area contributed by atoms with Gasteiger partial charge in [-0.15, -0.1) is 0 Å². The number of hydrogen-bond acceptors (Lipinski definition) is 5. The van der Waals surface area contributed by atoms with Crippen LogP contribution in [0.25, 0.3) is 28.4 Å². The van der Waals surface area contributed by atoms with Crippen LogP contribution in [-0.2, 0) is 0 Å². The molecule has 4 aromatic rings. The number of nitrogens with two attached hydrogens (primary N) is 1. The molecule has 0 bridgehead atoms. The molecule has 0 amide bonds. The molecule has 7 heteroatoms. The lowest BCUT2D eigenvalue weighted by Gasteiger charge is -2.05. The normalized spacial score (nSPS) is 11.0. The molecule has 0 saturated carbocycles. The Morgan fingerprint density at radius 2 is 1.87 bits per heavy atom. The minimum absolute atomic E-state index is 0.519. The Kier molecular flexibility index (Phi) is 3.25. The molecule has 3 N–H and O–H groups in total. The van der Waals surface area contributed by atoms with Crippen LogP contribution in [0.1, 0.15) is 0 Å². The van der Waals surface area contributed by atoms with Gasteiger partial charge in [0.1, 0.15) is 17.8 Å². The summed E-state index contributed by atoms with van der Waals surface area (Å²) in [5, 5.41) is 0.679. The molecule has 0 aliphatic carbocycles. The van der Waals surface area contributed by atoms with Crippen LogP contribution < -0.4 is 11.3 Å². The molecule has 3 heterocycles. The second-order valence-electron chi connectivity index (χ2n) is 4.95. The zero-order valence-corrected chi connectivity index (χ0v) is 12.7. The van der Waals surface area contributed by atoms with Gasteiger partial charge < -0.3 is 9.84 Å². The lowest BCUT2D eigenvalue weighted by atomic mass is 10.1. The molecule has 0 atom stereocenters. The van der Waals surface area contributed by atoms with Crippen molar-refractivity contribution in [3.63, 3.8) is 0 Å². The third kappa shape index (κ3) is 2.34. The van der Waals surface area contributed by atoms with E-state index in [4.69, 9.17) is 21.9 Å². The maximum absolute atomic E-state index is 5.97. The van der Waals surface area contributed by atoms with Crippen molar-refractivity contribution in [3.05, 3.63) is 60.1 Å². The molecular formula is C16H12ClN5O. The summed E-state index contributed by atoms with van der Waals surface area (Å²) in [5.41, 5.74) is 6.07. The smallest absolute Gasteiger partial charge is 0.306 e. The molecular weight excluding hydrogens is 314 g/mol. The van der Waals surface area contributed by atoms with Crippen molar-refractivity contribution in [2.75, 3.05) is 5.43 Å². The van der Waals surface area contributed by atoms with Gasteiger partial charge in [0.2, 0.25) is 0 Å². The van der Waals surface area contributed by atoms with E-state index in [9.17, 15) is 0 Å². The van der Waals surface area contributed by atoms with Crippen molar-refractivity contribution < 1.29 is 4.42 Å². The Morgan fingerprint density at radius 1 is 1.09 bits per heavy atom. The van der Waals surface area contributed by atoms with E-state index in [1.165, 1.54) is 0 Å². The van der Waals surface area contributed by atoms with E-state index in [1.807, 2.05) is 40.9 Å². The number of benzene rings is 1. The van der Waals surface area contributed by atoms with Crippen LogP contribution in [0.5, 0.6) is 0 Å². The molecule has 0 radical (unpaired) electrons. The lowest BCUT2D eigenvalue weighted by molar-refractivity contribution is 0.596. The number of halogens is 1. The molecule has 0 aliphatic heterocycles. The molecule has 0 unspecified atom stereocenters. The summed E-state index contributed by atoms with van der Waals surface area (Å²) in [6.45, 7) is 0. The van der Waals surface area contributed by atoms with Crippen LogP contribution in [0.3, 0.4) is 0 Å². The van der Waals surface area contributed by atoms with Crippen LogP contribution in [0, 0.1) is 0 Å². The van der Waals surface area contributed by atoms with Gasteiger partial charge in [-0.3, -0.25) is 4.40 Å². The molecule has 0 fully saturated rings. The maximum Gasteiger partial charge on any atom is 0.306 e. The number of hydrogen-bond donors (Lipinski definition) is 2. The van der Waals surface area contributed by atoms with E-state index in [2.05, 4.69) is 15.4 Å². The minimum Gasteiger partial charge on any atom is -0.432 e. The topological polar surface area (TPSA) is 81.4 Å². The van der Waals surface area contributed by atoms with E-state index in [0.717, 1.165) is 22.5 Å². The van der Waals surface area contributed by atoms with Gasteiger partial charge in [-0.05, 0) is 24.3 Å². The first kappa shape index (κ1) is 13.8. The first-order valence-corrected chi connectivity index (χ1v) is 7.28. The molecule has 3 aromatic heterocycles. The SMILES string of the molecule is NNc1ccc(-c2c(-c3ccc(Cl)cc3)nc3occn23)cn1. The van der Waals surface area contributed by atoms with Gasteiger partial charge in [-0.2, -0.15) is 4.98 Å². The summed E-state index contributed by atoms with van der Waals surface area (Å²) >= 11 is 5.97. The van der Waals surface area contributed by atoms with Crippen molar-refractivity contribution in [1.29, 1.82) is 0 Å². The number of nitrogens with one attached hydrogen (secondary N) is 1. The van der Waals surface area contributed by atoms with Gasteiger partial charge in [0.25, 0.3) is 0 Å². The lowest BCUT2D eigenvalue weighted by Crippen LogP contribution is -2.07. The molecule has 114 valence electrons. The third-order valence-corrected chi connectivity index (χ3v) is 3.82. The molecule has 4 rings (SSSR count). The Balaban J connectivity index is 1.94. The summed E-state index contributed by atoms with van der Waals surface area (Å²) < 4.78 is 7.31. The number of imidazole rings is 1. The number of nitrogen functional groups attached to an aromatic ring is 1. The number of rotatable bonds is 3. The maximum atomic E-state index is 5.97. The summed E-state index contributed by atoms with van der Waals surface area (Å²) in [7, 11) is 0. The fraction of sp³-hybridized carbons (Fsp3) is 0. The number of nitrogens with zero attached hydrogens (tertiary/aromatic N) is 3. The van der Waals surface area contributed by atoms with Gasteiger partial charge in [0, 0.05) is 28.5 Å². The van der Waals surface area contributed by atoms with Crippen molar-refractivity contribution >= 4 is 23.3 Å². The van der Waals surface area contributed by atoms with Crippen molar-refractivity contribution in [2.24, 2.45) is 5.84 Å². The third-order valence-electron chi connectivity index (χ3n) is 3.56. The van der Waals surface area contributed by atoms with E-state index in [1.54, 1.807) is 18.5 Å². The first-order chi connectivity index (χ1) is 11.3. The predicted octanol–water partition coefficient (Wildman–Crippen LogP) is 3.60. The first-order valence-electron chi connectivity index (χ1n) is 6.91. The molecule has 0 saturated heterocycles. The molecule has 23 heavy (non-hydrogen) atoms. The van der Waals surface area contributed by atoms with Gasteiger partial charge >= 0.3 is 5.84 Å². The number of aromatic nitrogens is 3. The number of anilines is 1. The van der Waals surface area contributed by atoms with Crippen LogP contribution in [0.4, 0.5) is 5.82 Å². The molecule has 0 spiro atoms. The molecule has 0 aliphatic rings. The van der Waals surface area contributed by atoms with Gasteiger partial charge in [-0.25, -0.2) is 10.8 Å². The summed E-state index contributed by atoms with van der Waals surface area (Å²) in [5.74, 6) is 6.48. The minimum atomic E-state index is 0.519. The molecule has 1 aromatic carbocycles. The fourth-order valence-corrected chi connectivity index (χ4v) is 2.62. The van der Waals surface area contributed by atoms with E-state index < -0.39 is 0 Å². The predicted molar refractivity (Wildman–Crippen MR) is 88.9 cm³/mol. The Bertz CT molecular complexity index is 956. The van der Waals surface area contributed by atoms with Crippen molar-refractivity contribution in [3.8, 4) is 22.5 Å².